The Balaban J connectivity index is 2.07. The zero-order valence-corrected chi connectivity index (χ0v) is 11.2. The third-order valence-corrected chi connectivity index (χ3v) is 3.68. The van der Waals surface area contributed by atoms with E-state index in [-0.39, 0.29) is 18.7 Å². The summed E-state index contributed by atoms with van der Waals surface area (Å²) in [5.74, 6) is 1.21. The molecule has 20 heavy (non-hydrogen) atoms. The van der Waals surface area contributed by atoms with Gasteiger partial charge in [-0.15, -0.1) is 0 Å². The van der Waals surface area contributed by atoms with Crippen molar-refractivity contribution < 1.29 is 19.1 Å². The van der Waals surface area contributed by atoms with Gasteiger partial charge < -0.3 is 15.2 Å². The van der Waals surface area contributed by atoms with Gasteiger partial charge in [0.15, 0.2) is 0 Å². The second kappa shape index (κ2) is 4.29. The molecule has 2 heterocycles. The van der Waals surface area contributed by atoms with E-state index >= 15 is 0 Å². The molecule has 0 bridgehead atoms. The Morgan fingerprint density at radius 2 is 2.25 bits per heavy atom. The summed E-state index contributed by atoms with van der Waals surface area (Å²) in [6.07, 6.45) is -0.218. The number of hydrogen-bond acceptors (Lipinski definition) is 4. The molecular weight excluding hydrogens is 262 g/mol. The maximum atomic E-state index is 12.3. The first-order valence-corrected chi connectivity index (χ1v) is 6.27. The fourth-order valence-corrected chi connectivity index (χ4v) is 2.63. The largest absolute Gasteiger partial charge is 0.497 e. The molecule has 3 rings (SSSR count). The fourth-order valence-electron chi connectivity index (χ4n) is 2.63. The van der Waals surface area contributed by atoms with Crippen LogP contribution in [0.4, 0.5) is 15.3 Å². The lowest BCUT2D eigenvalue weighted by Gasteiger charge is -2.35. The Hall–Kier alpha value is -2.44. The van der Waals surface area contributed by atoms with E-state index in [9.17, 15) is 9.59 Å². The van der Waals surface area contributed by atoms with Crippen LogP contribution in [0.5, 0.6) is 11.5 Å². The molecule has 0 aromatic heterocycles. The number of imide groups is 1. The number of hydrogen-bond donors (Lipinski definition) is 1. The molecule has 2 aliphatic heterocycles. The number of primary amides is 1. The molecule has 2 aliphatic rings. The van der Waals surface area contributed by atoms with Crippen LogP contribution in [0, 0.1) is 0 Å². The van der Waals surface area contributed by atoms with Gasteiger partial charge in [-0.1, -0.05) is 0 Å². The molecule has 0 radical (unpaired) electrons. The van der Waals surface area contributed by atoms with Crippen LogP contribution in [0.3, 0.4) is 0 Å². The van der Waals surface area contributed by atoms with Gasteiger partial charge >= 0.3 is 12.1 Å². The van der Waals surface area contributed by atoms with Gasteiger partial charge in [-0.3, -0.25) is 4.90 Å². The molecule has 0 aliphatic carbocycles. The minimum atomic E-state index is -0.749. The van der Waals surface area contributed by atoms with Crippen molar-refractivity contribution in [2.24, 2.45) is 5.73 Å². The van der Waals surface area contributed by atoms with E-state index in [1.54, 1.807) is 30.2 Å². The third-order valence-electron chi connectivity index (χ3n) is 3.68. The second-order valence-corrected chi connectivity index (χ2v) is 4.83. The highest BCUT2D eigenvalue weighted by atomic mass is 16.5. The number of fused-ring (bicyclic) bond motifs is 3. The zero-order valence-electron chi connectivity index (χ0n) is 11.2. The van der Waals surface area contributed by atoms with Crippen LogP contribution in [0.2, 0.25) is 0 Å². The third kappa shape index (κ3) is 1.66. The molecule has 0 spiro atoms. The monoisotopic (exact) mass is 277 g/mol. The number of ether oxygens (including phenoxy) is 2. The highest BCUT2D eigenvalue weighted by molar-refractivity contribution is 6.05. The molecule has 1 saturated heterocycles. The van der Waals surface area contributed by atoms with Crippen LogP contribution < -0.4 is 20.1 Å². The molecule has 0 saturated carbocycles. The molecule has 2 unspecified atom stereocenters. The molecule has 1 aromatic rings. The first-order valence-electron chi connectivity index (χ1n) is 6.27. The SMILES string of the molecule is COc1ccc2c(c1)N1C(=O)N(C(N)=O)CC1C(C)O2. The van der Waals surface area contributed by atoms with Gasteiger partial charge in [0, 0.05) is 6.07 Å². The average molecular weight is 277 g/mol. The standard InChI is InChI=1S/C13H15N3O4/c1-7-10-6-15(12(14)17)13(18)16(10)9-5-8(19-2)3-4-11(9)20-7/h3-5,7,10H,6H2,1-2H3,(H2,14,17). The maximum Gasteiger partial charge on any atom is 0.333 e. The maximum absolute atomic E-state index is 12.3. The van der Waals surface area contributed by atoms with E-state index in [1.165, 1.54) is 0 Å². The normalized spacial score (nSPS) is 24.0. The Labute approximate surface area is 115 Å². The van der Waals surface area contributed by atoms with E-state index < -0.39 is 12.1 Å². The first-order chi connectivity index (χ1) is 9.52. The van der Waals surface area contributed by atoms with Gasteiger partial charge in [-0.25, -0.2) is 14.5 Å². The molecule has 7 nitrogen and oxygen atoms in total. The Bertz CT molecular complexity index is 589. The van der Waals surface area contributed by atoms with E-state index in [1.807, 2.05) is 6.92 Å². The number of carbonyl (C=O) groups excluding carboxylic acids is 2. The Morgan fingerprint density at radius 1 is 1.50 bits per heavy atom. The van der Waals surface area contributed by atoms with E-state index in [4.69, 9.17) is 15.2 Å². The predicted octanol–water partition coefficient (Wildman–Crippen LogP) is 1.17. The highest BCUT2D eigenvalue weighted by Crippen LogP contribution is 2.41. The molecule has 7 heteroatoms. The van der Waals surface area contributed by atoms with Crippen LogP contribution in [0.15, 0.2) is 18.2 Å². The van der Waals surface area contributed by atoms with Crippen LogP contribution in [-0.2, 0) is 0 Å². The number of benzene rings is 1. The number of rotatable bonds is 1. The topological polar surface area (TPSA) is 85.1 Å². The Morgan fingerprint density at radius 3 is 2.90 bits per heavy atom. The summed E-state index contributed by atoms with van der Waals surface area (Å²) >= 11 is 0. The molecule has 2 atom stereocenters. The summed E-state index contributed by atoms with van der Waals surface area (Å²) < 4.78 is 11.0. The number of urea groups is 2. The fraction of sp³-hybridized carbons (Fsp3) is 0.385. The summed E-state index contributed by atoms with van der Waals surface area (Å²) in [7, 11) is 1.55. The summed E-state index contributed by atoms with van der Waals surface area (Å²) in [6, 6.07) is 3.82. The molecule has 1 fully saturated rings. The van der Waals surface area contributed by atoms with Gasteiger partial charge in [-0.05, 0) is 19.1 Å². The van der Waals surface area contributed by atoms with Crippen LogP contribution in [-0.4, -0.2) is 42.8 Å². The van der Waals surface area contributed by atoms with Crippen molar-refractivity contribution >= 4 is 17.7 Å². The molecule has 106 valence electrons. The van der Waals surface area contributed by atoms with Crippen LogP contribution >= 0.6 is 0 Å². The smallest absolute Gasteiger partial charge is 0.333 e. The van der Waals surface area contributed by atoms with Gasteiger partial charge in [-0.2, -0.15) is 0 Å². The minimum Gasteiger partial charge on any atom is -0.497 e. The van der Waals surface area contributed by atoms with Crippen LogP contribution in [0.25, 0.3) is 0 Å². The lowest BCUT2D eigenvalue weighted by Crippen LogP contribution is -2.47. The average Bonchev–Trinajstić information content (AvgIpc) is 2.78. The number of methoxy groups -OCH3 is 1. The summed E-state index contributed by atoms with van der Waals surface area (Å²) in [4.78, 5) is 26.3. The quantitative estimate of drug-likeness (QED) is 0.834. The zero-order chi connectivity index (χ0) is 14.4. The number of anilines is 1. The highest BCUT2D eigenvalue weighted by Gasteiger charge is 2.47. The number of carbonyl (C=O) groups is 2. The summed E-state index contributed by atoms with van der Waals surface area (Å²) in [5.41, 5.74) is 5.84. The lowest BCUT2D eigenvalue weighted by atomic mass is 10.1. The molecule has 1 aromatic carbocycles. The minimum absolute atomic E-state index is 0.218. The van der Waals surface area contributed by atoms with Gasteiger partial charge in [0.1, 0.15) is 17.6 Å². The van der Waals surface area contributed by atoms with Crippen molar-refractivity contribution in [3.05, 3.63) is 18.2 Å². The van der Waals surface area contributed by atoms with Crippen molar-refractivity contribution in [2.75, 3.05) is 18.6 Å². The summed E-state index contributed by atoms with van der Waals surface area (Å²) in [5, 5.41) is 0. The van der Waals surface area contributed by atoms with Gasteiger partial charge in [0.05, 0.1) is 25.4 Å². The van der Waals surface area contributed by atoms with E-state index in [0.29, 0.717) is 17.2 Å². The second-order valence-electron chi connectivity index (χ2n) is 4.83. The number of amides is 4. The van der Waals surface area contributed by atoms with Crippen molar-refractivity contribution in [3.8, 4) is 11.5 Å². The van der Waals surface area contributed by atoms with Gasteiger partial charge in [0.2, 0.25) is 0 Å². The van der Waals surface area contributed by atoms with Crippen molar-refractivity contribution in [3.63, 3.8) is 0 Å². The number of nitrogens with zero attached hydrogens (tertiary/aromatic N) is 2. The van der Waals surface area contributed by atoms with E-state index in [0.717, 1.165) is 4.90 Å². The number of nitrogens with two attached hydrogens (primary N) is 1. The Kier molecular flexibility index (Phi) is 2.70. The lowest BCUT2D eigenvalue weighted by molar-refractivity contribution is 0.175. The van der Waals surface area contributed by atoms with E-state index in [2.05, 4.69) is 0 Å². The van der Waals surface area contributed by atoms with Crippen LogP contribution in [0.1, 0.15) is 6.92 Å². The molecular formula is C13H15N3O4. The predicted molar refractivity (Wildman–Crippen MR) is 71.0 cm³/mol. The van der Waals surface area contributed by atoms with Crippen molar-refractivity contribution in [1.29, 1.82) is 0 Å². The van der Waals surface area contributed by atoms with Crippen molar-refractivity contribution in [2.45, 2.75) is 19.1 Å². The van der Waals surface area contributed by atoms with Gasteiger partial charge in [0.25, 0.3) is 0 Å². The summed E-state index contributed by atoms with van der Waals surface area (Å²) in [6.45, 7) is 2.09. The molecule has 2 N–H and O–H groups in total. The first kappa shape index (κ1) is 12.6. The molecule has 4 amide bonds. The van der Waals surface area contributed by atoms with Crippen molar-refractivity contribution in [1.82, 2.24) is 4.90 Å².